The molecule has 78 valence electrons. The molecule has 0 heterocycles. The molecule has 0 amide bonds. The number of nitrogens with one attached hydrogen (secondary N) is 2. The maximum atomic E-state index is 11.2. The molecule has 0 aromatic heterocycles. The van der Waals surface area contributed by atoms with E-state index in [0.29, 0.717) is 15.7 Å². The van der Waals surface area contributed by atoms with Gasteiger partial charge >= 0.3 is 0 Å². The van der Waals surface area contributed by atoms with Crippen LogP contribution in [0.5, 0.6) is 0 Å². The minimum absolute atomic E-state index is 0.319. The SMILES string of the molecule is CS(=N)(=O)Nc1c(Cl)cc(Br)cc1Cl. The van der Waals surface area contributed by atoms with E-state index < -0.39 is 9.92 Å². The molecule has 0 fully saturated rings. The number of benzene rings is 1. The van der Waals surface area contributed by atoms with E-state index in [1.165, 1.54) is 6.26 Å². The van der Waals surface area contributed by atoms with Crippen molar-refractivity contribution in [3.63, 3.8) is 0 Å². The van der Waals surface area contributed by atoms with Gasteiger partial charge in [-0.25, -0.2) is 8.99 Å². The van der Waals surface area contributed by atoms with Gasteiger partial charge in [0.2, 0.25) is 0 Å². The Kier molecular flexibility index (Phi) is 3.69. The third-order valence-corrected chi connectivity index (χ3v) is 2.95. The summed E-state index contributed by atoms with van der Waals surface area (Å²) in [6.45, 7) is 0. The maximum absolute atomic E-state index is 11.2. The highest BCUT2D eigenvalue weighted by Crippen LogP contribution is 2.34. The molecule has 0 aliphatic carbocycles. The maximum Gasteiger partial charge on any atom is 0.123 e. The van der Waals surface area contributed by atoms with E-state index in [1.807, 2.05) is 0 Å². The second-order valence-electron chi connectivity index (χ2n) is 2.69. The third kappa shape index (κ3) is 3.31. The van der Waals surface area contributed by atoms with Gasteiger partial charge in [-0.2, -0.15) is 0 Å². The van der Waals surface area contributed by atoms with Crippen LogP contribution in [0.2, 0.25) is 10.0 Å². The Morgan fingerprint density at radius 1 is 1.43 bits per heavy atom. The quantitative estimate of drug-likeness (QED) is 0.857. The highest BCUT2D eigenvalue weighted by atomic mass is 79.9. The third-order valence-electron chi connectivity index (χ3n) is 1.30. The fourth-order valence-electron chi connectivity index (χ4n) is 0.834. The van der Waals surface area contributed by atoms with Crippen molar-refractivity contribution in [1.29, 1.82) is 4.78 Å². The van der Waals surface area contributed by atoms with Crippen molar-refractivity contribution in [3.05, 3.63) is 26.7 Å². The molecule has 14 heavy (non-hydrogen) atoms. The van der Waals surface area contributed by atoms with Crippen LogP contribution in [0, 0.1) is 4.78 Å². The molecule has 7 heteroatoms. The van der Waals surface area contributed by atoms with Gasteiger partial charge in [0.1, 0.15) is 9.92 Å². The highest BCUT2D eigenvalue weighted by molar-refractivity contribution is 9.10. The topological polar surface area (TPSA) is 53.0 Å². The lowest BCUT2D eigenvalue weighted by molar-refractivity contribution is 0.682. The minimum atomic E-state index is -2.87. The zero-order valence-electron chi connectivity index (χ0n) is 7.11. The van der Waals surface area contributed by atoms with Crippen LogP contribution in [-0.2, 0) is 9.92 Å². The van der Waals surface area contributed by atoms with Crippen LogP contribution < -0.4 is 4.72 Å². The van der Waals surface area contributed by atoms with Gasteiger partial charge in [-0.3, -0.25) is 4.72 Å². The monoisotopic (exact) mass is 316 g/mol. The lowest BCUT2D eigenvalue weighted by Crippen LogP contribution is -2.08. The Hall–Kier alpha value is 0.0300. The summed E-state index contributed by atoms with van der Waals surface area (Å²) >= 11 is 14.9. The first-order valence-corrected chi connectivity index (χ1v) is 6.97. The van der Waals surface area contributed by atoms with E-state index in [9.17, 15) is 4.21 Å². The van der Waals surface area contributed by atoms with Crippen LogP contribution in [0.3, 0.4) is 0 Å². The first kappa shape index (κ1) is 12.1. The lowest BCUT2D eigenvalue weighted by Gasteiger charge is -2.10. The Balaban J connectivity index is 3.22. The van der Waals surface area contributed by atoms with Crippen LogP contribution >= 0.6 is 39.1 Å². The zero-order valence-corrected chi connectivity index (χ0v) is 11.0. The first-order valence-electron chi connectivity index (χ1n) is 3.45. The van der Waals surface area contributed by atoms with Crippen LogP contribution in [-0.4, -0.2) is 10.5 Å². The summed E-state index contributed by atoms with van der Waals surface area (Å²) in [5, 5.41) is 0.650. The van der Waals surface area contributed by atoms with Gasteiger partial charge in [-0.05, 0) is 12.1 Å². The van der Waals surface area contributed by atoms with Gasteiger partial charge in [0, 0.05) is 10.7 Å². The largest absolute Gasteiger partial charge is 0.296 e. The minimum Gasteiger partial charge on any atom is -0.296 e. The molecule has 2 N–H and O–H groups in total. The van der Waals surface area contributed by atoms with Gasteiger partial charge in [-0.15, -0.1) is 0 Å². The molecular formula is C7H7BrCl2N2OS. The Labute approximate surface area is 101 Å². The predicted molar refractivity (Wildman–Crippen MR) is 64.6 cm³/mol. The molecule has 0 radical (unpaired) electrons. The van der Waals surface area contributed by atoms with Crippen molar-refractivity contribution in [2.75, 3.05) is 11.0 Å². The molecular weight excluding hydrogens is 311 g/mol. The Morgan fingerprint density at radius 3 is 2.21 bits per heavy atom. The summed E-state index contributed by atoms with van der Waals surface area (Å²) < 4.78 is 21.6. The van der Waals surface area contributed by atoms with E-state index in [2.05, 4.69) is 20.7 Å². The molecule has 1 unspecified atom stereocenters. The van der Waals surface area contributed by atoms with Crippen LogP contribution in [0.15, 0.2) is 16.6 Å². The van der Waals surface area contributed by atoms with Crippen LogP contribution in [0.4, 0.5) is 5.69 Å². The molecule has 1 rings (SSSR count). The van der Waals surface area contributed by atoms with Crippen LogP contribution in [0.25, 0.3) is 0 Å². The van der Waals surface area contributed by atoms with Gasteiger partial charge in [0.25, 0.3) is 0 Å². The van der Waals surface area contributed by atoms with Gasteiger partial charge in [0.05, 0.1) is 15.7 Å². The van der Waals surface area contributed by atoms with E-state index in [1.54, 1.807) is 12.1 Å². The van der Waals surface area contributed by atoms with Gasteiger partial charge < -0.3 is 0 Å². The average Bonchev–Trinajstić information content (AvgIpc) is 1.95. The second-order valence-corrected chi connectivity index (χ2v) is 6.31. The number of halogens is 3. The molecule has 3 nitrogen and oxygen atoms in total. The summed E-state index contributed by atoms with van der Waals surface area (Å²) in [4.78, 5) is 0. The summed E-state index contributed by atoms with van der Waals surface area (Å²) in [7, 11) is -2.87. The first-order chi connectivity index (χ1) is 6.29. The zero-order chi connectivity index (χ0) is 10.9. The van der Waals surface area contributed by atoms with E-state index in [0.717, 1.165) is 4.47 Å². The van der Waals surface area contributed by atoms with Gasteiger partial charge in [0.15, 0.2) is 0 Å². The fraction of sp³-hybridized carbons (Fsp3) is 0.143. The number of hydrogen-bond donors (Lipinski definition) is 2. The number of rotatable bonds is 2. The fourth-order valence-corrected chi connectivity index (χ4v) is 2.86. The molecule has 0 aliphatic heterocycles. The molecule has 0 saturated carbocycles. The molecule has 1 aromatic carbocycles. The van der Waals surface area contributed by atoms with Crippen molar-refractivity contribution in [2.24, 2.45) is 0 Å². The lowest BCUT2D eigenvalue weighted by atomic mass is 10.3. The molecule has 0 saturated heterocycles. The molecule has 0 bridgehead atoms. The molecule has 0 spiro atoms. The standard InChI is InChI=1S/C7H7BrCl2N2OS/c1-14(11,13)12-7-5(9)2-4(8)3-6(7)10/h2-3H,1H3,(H2,11,12,13). The highest BCUT2D eigenvalue weighted by Gasteiger charge is 2.09. The average molecular weight is 318 g/mol. The summed E-state index contributed by atoms with van der Waals surface area (Å²) in [5.41, 5.74) is 0.319. The number of anilines is 1. The van der Waals surface area contributed by atoms with Crippen molar-refractivity contribution in [3.8, 4) is 0 Å². The summed E-state index contributed by atoms with van der Waals surface area (Å²) in [5.74, 6) is 0. The van der Waals surface area contributed by atoms with Crippen LogP contribution in [0.1, 0.15) is 0 Å². The normalized spacial score (nSPS) is 14.9. The molecule has 1 aromatic rings. The van der Waals surface area contributed by atoms with E-state index in [4.69, 9.17) is 28.0 Å². The van der Waals surface area contributed by atoms with Crippen molar-refractivity contribution in [1.82, 2.24) is 0 Å². The van der Waals surface area contributed by atoms with Gasteiger partial charge in [-0.1, -0.05) is 39.1 Å². The summed E-state index contributed by atoms with van der Waals surface area (Å²) in [6, 6.07) is 3.22. The van der Waals surface area contributed by atoms with E-state index >= 15 is 0 Å². The summed E-state index contributed by atoms with van der Waals surface area (Å²) in [6.07, 6.45) is 1.25. The molecule has 1 atom stereocenters. The van der Waals surface area contributed by atoms with Crippen molar-refractivity contribution < 1.29 is 4.21 Å². The Morgan fingerprint density at radius 2 is 1.86 bits per heavy atom. The van der Waals surface area contributed by atoms with Crippen molar-refractivity contribution in [2.45, 2.75) is 0 Å². The van der Waals surface area contributed by atoms with Crippen molar-refractivity contribution >= 4 is 54.7 Å². The second kappa shape index (κ2) is 4.26. The Bertz CT molecular complexity index is 438. The number of hydrogen-bond acceptors (Lipinski definition) is 2. The smallest absolute Gasteiger partial charge is 0.123 e. The molecule has 0 aliphatic rings. The predicted octanol–water partition coefficient (Wildman–Crippen LogP) is 3.76. The van der Waals surface area contributed by atoms with E-state index in [-0.39, 0.29) is 0 Å².